The van der Waals surface area contributed by atoms with E-state index in [4.69, 9.17) is 16.7 Å². The Morgan fingerprint density at radius 3 is 2.74 bits per heavy atom. The van der Waals surface area contributed by atoms with Crippen LogP contribution in [0.25, 0.3) is 0 Å². The molecule has 0 aliphatic rings. The second-order valence-corrected chi connectivity index (χ2v) is 4.89. The Morgan fingerprint density at radius 2 is 2.11 bits per heavy atom. The molecule has 2 amide bonds. The molecule has 0 unspecified atom stereocenters. The molecule has 0 heterocycles. The first kappa shape index (κ1) is 15.7. The third-order valence-corrected chi connectivity index (χ3v) is 3.03. The fourth-order valence-electron chi connectivity index (χ4n) is 1.23. The van der Waals surface area contributed by atoms with Crippen LogP contribution in [0.2, 0.25) is 5.02 Å². The summed E-state index contributed by atoms with van der Waals surface area (Å²) in [6.45, 7) is 0.203. The lowest BCUT2D eigenvalue weighted by Gasteiger charge is -2.09. The lowest BCUT2D eigenvalue weighted by Crippen LogP contribution is -2.30. The normalized spacial score (nSPS) is 10.1. The molecule has 0 bridgehead atoms. The Labute approximate surface area is 122 Å². The maximum Gasteiger partial charge on any atom is 0.319 e. The standard InChI is InChI=1S/C11H11BrClFN2O3/c12-6-4-7(13)9(5-8(6)14)16-11(19)15-3-1-2-10(17)18/h4-5H,1-3H2,(H,17,18)(H2,15,16,19). The zero-order valence-corrected chi connectivity index (χ0v) is 12.0. The first-order chi connectivity index (χ1) is 8.90. The van der Waals surface area contributed by atoms with Crippen LogP contribution in [0.15, 0.2) is 16.6 Å². The number of carbonyl (C=O) groups excluding carboxylic acids is 1. The first-order valence-electron chi connectivity index (χ1n) is 5.31. The van der Waals surface area contributed by atoms with Crippen LogP contribution in [0.3, 0.4) is 0 Å². The summed E-state index contributed by atoms with van der Waals surface area (Å²) in [6.07, 6.45) is 0.277. The minimum atomic E-state index is -0.930. The number of benzene rings is 1. The highest BCUT2D eigenvalue weighted by Crippen LogP contribution is 2.28. The highest BCUT2D eigenvalue weighted by molar-refractivity contribution is 9.10. The Bertz CT molecular complexity index is 499. The molecule has 5 nitrogen and oxygen atoms in total. The van der Waals surface area contributed by atoms with E-state index in [-0.39, 0.29) is 28.1 Å². The van der Waals surface area contributed by atoms with Crippen LogP contribution in [0, 0.1) is 5.82 Å². The van der Waals surface area contributed by atoms with Gasteiger partial charge in [-0.25, -0.2) is 9.18 Å². The summed E-state index contributed by atoms with van der Waals surface area (Å²) < 4.78 is 13.5. The van der Waals surface area contributed by atoms with E-state index in [1.165, 1.54) is 6.07 Å². The van der Waals surface area contributed by atoms with Gasteiger partial charge in [-0.1, -0.05) is 11.6 Å². The van der Waals surface area contributed by atoms with Crippen molar-refractivity contribution in [3.05, 3.63) is 27.4 Å². The SMILES string of the molecule is O=C(O)CCCNC(=O)Nc1cc(F)c(Br)cc1Cl. The first-order valence-corrected chi connectivity index (χ1v) is 6.48. The lowest BCUT2D eigenvalue weighted by atomic mass is 10.3. The van der Waals surface area contributed by atoms with Crippen molar-refractivity contribution in [2.24, 2.45) is 0 Å². The van der Waals surface area contributed by atoms with E-state index in [2.05, 4.69) is 26.6 Å². The fourth-order valence-corrected chi connectivity index (χ4v) is 1.91. The molecule has 19 heavy (non-hydrogen) atoms. The summed E-state index contributed by atoms with van der Waals surface area (Å²) in [4.78, 5) is 21.7. The lowest BCUT2D eigenvalue weighted by molar-refractivity contribution is -0.137. The maximum absolute atomic E-state index is 13.3. The van der Waals surface area contributed by atoms with Gasteiger partial charge in [0.1, 0.15) is 5.82 Å². The summed E-state index contributed by atoms with van der Waals surface area (Å²) in [6, 6.07) is 1.84. The molecule has 1 aromatic rings. The van der Waals surface area contributed by atoms with Crippen LogP contribution in [0.1, 0.15) is 12.8 Å². The molecule has 0 radical (unpaired) electrons. The Kier molecular flexibility index (Phi) is 6.04. The van der Waals surface area contributed by atoms with Gasteiger partial charge in [0, 0.05) is 19.0 Å². The van der Waals surface area contributed by atoms with Gasteiger partial charge < -0.3 is 15.7 Å². The van der Waals surface area contributed by atoms with E-state index in [9.17, 15) is 14.0 Å². The highest BCUT2D eigenvalue weighted by Gasteiger charge is 2.09. The number of rotatable bonds is 5. The van der Waals surface area contributed by atoms with Crippen molar-refractivity contribution >= 4 is 45.2 Å². The van der Waals surface area contributed by atoms with Crippen LogP contribution in [-0.2, 0) is 4.79 Å². The van der Waals surface area contributed by atoms with Gasteiger partial charge >= 0.3 is 12.0 Å². The average Bonchev–Trinajstić information content (AvgIpc) is 2.31. The second-order valence-electron chi connectivity index (χ2n) is 3.62. The van der Waals surface area contributed by atoms with Gasteiger partial charge in [0.05, 0.1) is 15.2 Å². The predicted octanol–water partition coefficient (Wildman–Crippen LogP) is 3.23. The van der Waals surface area contributed by atoms with Crippen molar-refractivity contribution in [2.45, 2.75) is 12.8 Å². The third-order valence-electron chi connectivity index (χ3n) is 2.11. The number of carboxylic acids is 1. The minimum absolute atomic E-state index is 0.0338. The van der Waals surface area contributed by atoms with E-state index in [1.807, 2.05) is 0 Å². The highest BCUT2D eigenvalue weighted by atomic mass is 79.9. The van der Waals surface area contributed by atoms with Crippen molar-refractivity contribution in [3.8, 4) is 0 Å². The van der Waals surface area contributed by atoms with Gasteiger partial charge in [-0.2, -0.15) is 0 Å². The molecule has 8 heteroatoms. The van der Waals surface area contributed by atoms with E-state index in [0.717, 1.165) is 6.07 Å². The molecule has 0 aromatic heterocycles. The molecule has 1 rings (SSSR count). The van der Waals surface area contributed by atoms with E-state index < -0.39 is 17.8 Å². The van der Waals surface area contributed by atoms with Gasteiger partial charge in [-0.15, -0.1) is 0 Å². The topological polar surface area (TPSA) is 78.4 Å². The number of anilines is 1. The largest absolute Gasteiger partial charge is 0.481 e. The van der Waals surface area contributed by atoms with Crippen LogP contribution in [0.4, 0.5) is 14.9 Å². The quantitative estimate of drug-likeness (QED) is 0.562. The summed E-state index contributed by atoms with van der Waals surface area (Å²) in [7, 11) is 0. The van der Waals surface area contributed by atoms with E-state index in [0.29, 0.717) is 6.42 Å². The van der Waals surface area contributed by atoms with Crippen LogP contribution < -0.4 is 10.6 Å². The van der Waals surface area contributed by atoms with Gasteiger partial charge in [0.25, 0.3) is 0 Å². The molecule has 3 N–H and O–H groups in total. The molecule has 0 aliphatic heterocycles. The number of hydrogen-bond acceptors (Lipinski definition) is 2. The van der Waals surface area contributed by atoms with Crippen molar-refractivity contribution in [3.63, 3.8) is 0 Å². The summed E-state index contributed by atoms with van der Waals surface area (Å²) in [5, 5.41) is 13.4. The molecule has 0 saturated carbocycles. The van der Waals surface area contributed by atoms with Crippen molar-refractivity contribution in [1.29, 1.82) is 0 Å². The Morgan fingerprint density at radius 1 is 1.42 bits per heavy atom. The number of aliphatic carboxylic acids is 1. The Hall–Kier alpha value is -1.34. The molecule has 0 atom stereocenters. The summed E-state index contributed by atoms with van der Waals surface area (Å²) >= 11 is 8.80. The van der Waals surface area contributed by atoms with Crippen LogP contribution in [0.5, 0.6) is 0 Å². The van der Waals surface area contributed by atoms with Crippen LogP contribution in [-0.4, -0.2) is 23.7 Å². The summed E-state index contributed by atoms with van der Waals surface area (Å²) in [5.41, 5.74) is 0.137. The van der Waals surface area contributed by atoms with Crippen molar-refractivity contribution in [1.82, 2.24) is 5.32 Å². The predicted molar refractivity (Wildman–Crippen MR) is 73.0 cm³/mol. The van der Waals surface area contributed by atoms with Gasteiger partial charge in [0.15, 0.2) is 0 Å². The van der Waals surface area contributed by atoms with E-state index >= 15 is 0 Å². The number of carboxylic acid groups (broad SMARTS) is 1. The summed E-state index contributed by atoms with van der Waals surface area (Å²) in [5.74, 6) is -1.48. The zero-order valence-electron chi connectivity index (χ0n) is 9.67. The average molecular weight is 354 g/mol. The smallest absolute Gasteiger partial charge is 0.319 e. The number of urea groups is 1. The number of carbonyl (C=O) groups is 2. The van der Waals surface area contributed by atoms with Gasteiger partial charge in [-0.3, -0.25) is 4.79 Å². The molecule has 1 aromatic carbocycles. The van der Waals surface area contributed by atoms with Crippen molar-refractivity contribution in [2.75, 3.05) is 11.9 Å². The van der Waals surface area contributed by atoms with Crippen molar-refractivity contribution < 1.29 is 19.1 Å². The molecule has 104 valence electrons. The monoisotopic (exact) mass is 352 g/mol. The molecule has 0 saturated heterocycles. The van der Waals surface area contributed by atoms with Gasteiger partial charge in [-0.05, 0) is 28.4 Å². The molecular formula is C11H11BrClFN2O3. The van der Waals surface area contributed by atoms with Crippen LogP contribution >= 0.6 is 27.5 Å². The number of hydrogen-bond donors (Lipinski definition) is 3. The number of amides is 2. The minimum Gasteiger partial charge on any atom is -0.481 e. The van der Waals surface area contributed by atoms with E-state index in [1.54, 1.807) is 0 Å². The second kappa shape index (κ2) is 7.30. The number of nitrogens with one attached hydrogen (secondary N) is 2. The third kappa shape index (κ3) is 5.44. The molecule has 0 fully saturated rings. The molecule has 0 aliphatic carbocycles. The van der Waals surface area contributed by atoms with Gasteiger partial charge in [0.2, 0.25) is 0 Å². The zero-order chi connectivity index (χ0) is 14.4. The molecule has 0 spiro atoms. The Balaban J connectivity index is 2.48. The molecular weight excluding hydrogens is 342 g/mol. The fraction of sp³-hybridized carbons (Fsp3) is 0.273. The maximum atomic E-state index is 13.3. The number of halogens is 3.